The summed E-state index contributed by atoms with van der Waals surface area (Å²) in [5.41, 5.74) is -0.966. The zero-order valence-corrected chi connectivity index (χ0v) is 10.4. The largest absolute Gasteiger partial charge is 0.376 e. The molecular formula is C14H7F5N2. The minimum atomic E-state index is -1.61. The molecule has 0 aromatic heterocycles. The number of nitriles is 1. The van der Waals surface area contributed by atoms with Crippen LogP contribution in [0.5, 0.6) is 0 Å². The van der Waals surface area contributed by atoms with E-state index in [2.05, 4.69) is 5.32 Å². The predicted molar refractivity (Wildman–Crippen MR) is 64.7 cm³/mol. The number of benzene rings is 2. The molecule has 0 amide bonds. The van der Waals surface area contributed by atoms with E-state index in [-0.39, 0.29) is 17.2 Å². The van der Waals surface area contributed by atoms with Crippen LogP contribution in [0, 0.1) is 40.4 Å². The molecule has 2 rings (SSSR count). The van der Waals surface area contributed by atoms with Crippen LogP contribution in [0.2, 0.25) is 0 Å². The second kappa shape index (κ2) is 5.79. The van der Waals surface area contributed by atoms with E-state index in [9.17, 15) is 22.0 Å². The third-order valence-corrected chi connectivity index (χ3v) is 2.74. The summed E-state index contributed by atoms with van der Waals surface area (Å²) in [7, 11) is 0. The molecule has 108 valence electrons. The van der Waals surface area contributed by atoms with E-state index in [4.69, 9.17) is 5.26 Å². The second-order valence-corrected chi connectivity index (χ2v) is 4.11. The topological polar surface area (TPSA) is 35.8 Å². The molecule has 2 aromatic rings. The fourth-order valence-electron chi connectivity index (χ4n) is 1.69. The number of nitrogens with one attached hydrogen (secondary N) is 1. The summed E-state index contributed by atoms with van der Waals surface area (Å²) in [5.74, 6) is -7.07. The Bertz CT molecular complexity index is 711. The van der Waals surface area contributed by atoms with Gasteiger partial charge in [-0.05, 0) is 18.2 Å². The average Bonchev–Trinajstić information content (AvgIpc) is 2.47. The van der Waals surface area contributed by atoms with Gasteiger partial charge in [0, 0.05) is 18.2 Å². The Balaban J connectivity index is 2.31. The van der Waals surface area contributed by atoms with Gasteiger partial charge < -0.3 is 5.32 Å². The van der Waals surface area contributed by atoms with Crippen molar-refractivity contribution in [2.24, 2.45) is 0 Å². The third kappa shape index (κ3) is 2.94. The Labute approximate surface area is 116 Å². The van der Waals surface area contributed by atoms with Crippen LogP contribution in [0.15, 0.2) is 24.3 Å². The molecule has 0 aliphatic rings. The fraction of sp³-hybridized carbons (Fsp3) is 0.0714. The number of hydrogen-bond acceptors (Lipinski definition) is 2. The highest BCUT2D eigenvalue weighted by Crippen LogP contribution is 2.25. The fourth-order valence-corrected chi connectivity index (χ4v) is 1.69. The Morgan fingerprint density at radius 2 is 1.52 bits per heavy atom. The van der Waals surface area contributed by atoms with Crippen molar-refractivity contribution >= 4 is 5.69 Å². The van der Waals surface area contributed by atoms with E-state index in [1.54, 1.807) is 6.07 Å². The molecule has 0 saturated heterocycles. The van der Waals surface area contributed by atoms with E-state index >= 15 is 0 Å². The van der Waals surface area contributed by atoms with Crippen molar-refractivity contribution in [3.63, 3.8) is 0 Å². The van der Waals surface area contributed by atoms with E-state index in [1.807, 2.05) is 0 Å². The van der Waals surface area contributed by atoms with Crippen LogP contribution in [0.3, 0.4) is 0 Å². The molecule has 0 heterocycles. The predicted octanol–water partition coefficient (Wildman–Crippen LogP) is 3.87. The lowest BCUT2D eigenvalue weighted by Crippen LogP contribution is -2.08. The Kier molecular flexibility index (Phi) is 4.08. The van der Waals surface area contributed by atoms with Gasteiger partial charge in [-0.15, -0.1) is 0 Å². The highest BCUT2D eigenvalue weighted by atomic mass is 19.2. The molecule has 0 radical (unpaired) electrons. The van der Waals surface area contributed by atoms with Crippen LogP contribution in [-0.2, 0) is 6.54 Å². The van der Waals surface area contributed by atoms with E-state index in [0.29, 0.717) is 0 Å². The Hall–Kier alpha value is -2.62. The summed E-state index contributed by atoms with van der Waals surface area (Å²) in [5, 5.41) is 10.8. The van der Waals surface area contributed by atoms with Crippen molar-refractivity contribution < 1.29 is 22.0 Å². The second-order valence-electron chi connectivity index (χ2n) is 4.11. The number of halogens is 5. The molecule has 0 atom stereocenters. The Morgan fingerprint density at radius 1 is 0.905 bits per heavy atom. The highest BCUT2D eigenvalue weighted by molar-refractivity contribution is 5.48. The van der Waals surface area contributed by atoms with Crippen molar-refractivity contribution in [2.45, 2.75) is 6.54 Å². The van der Waals surface area contributed by atoms with E-state index in [1.165, 1.54) is 6.07 Å². The summed E-state index contributed by atoms with van der Waals surface area (Å²) in [6, 6.07) is 5.24. The van der Waals surface area contributed by atoms with Crippen molar-refractivity contribution in [1.29, 1.82) is 5.26 Å². The van der Waals surface area contributed by atoms with Crippen molar-refractivity contribution in [3.05, 3.63) is 64.5 Å². The van der Waals surface area contributed by atoms with Gasteiger partial charge in [0.15, 0.2) is 23.3 Å². The first kappa shape index (κ1) is 14.8. The van der Waals surface area contributed by atoms with Gasteiger partial charge in [-0.1, -0.05) is 0 Å². The molecular weight excluding hydrogens is 291 g/mol. The first-order chi connectivity index (χ1) is 9.93. The zero-order valence-electron chi connectivity index (χ0n) is 10.4. The van der Waals surface area contributed by atoms with E-state index in [0.717, 1.165) is 12.1 Å². The first-order valence-corrected chi connectivity index (χ1v) is 5.69. The van der Waals surface area contributed by atoms with Crippen molar-refractivity contribution in [3.8, 4) is 6.07 Å². The molecule has 21 heavy (non-hydrogen) atoms. The smallest absolute Gasteiger partial charge is 0.185 e. The van der Waals surface area contributed by atoms with Gasteiger partial charge in [0.1, 0.15) is 11.5 Å². The molecule has 0 spiro atoms. The van der Waals surface area contributed by atoms with Crippen molar-refractivity contribution in [1.82, 2.24) is 0 Å². The molecule has 0 fully saturated rings. The minimum absolute atomic E-state index is 0.0717. The average molecular weight is 298 g/mol. The number of rotatable bonds is 3. The van der Waals surface area contributed by atoms with Crippen LogP contribution < -0.4 is 5.32 Å². The van der Waals surface area contributed by atoms with Crippen LogP contribution in [0.4, 0.5) is 27.6 Å². The van der Waals surface area contributed by atoms with Gasteiger partial charge >= 0.3 is 0 Å². The summed E-state index contributed by atoms with van der Waals surface area (Å²) >= 11 is 0. The van der Waals surface area contributed by atoms with Gasteiger partial charge in [0.05, 0.1) is 11.6 Å². The number of hydrogen-bond donors (Lipinski definition) is 1. The molecule has 0 saturated carbocycles. The molecule has 0 bridgehead atoms. The van der Waals surface area contributed by atoms with Crippen LogP contribution in [0.25, 0.3) is 0 Å². The van der Waals surface area contributed by atoms with Crippen molar-refractivity contribution in [2.75, 3.05) is 5.32 Å². The number of nitrogens with zero attached hydrogens (tertiary/aromatic N) is 1. The van der Waals surface area contributed by atoms with Gasteiger partial charge in [-0.2, -0.15) is 5.26 Å². The minimum Gasteiger partial charge on any atom is -0.376 e. The molecule has 1 N–H and O–H groups in total. The summed E-state index contributed by atoms with van der Waals surface area (Å²) in [4.78, 5) is 0. The first-order valence-electron chi connectivity index (χ1n) is 5.69. The lowest BCUT2D eigenvalue weighted by molar-refractivity contribution is 0.458. The van der Waals surface area contributed by atoms with E-state index < -0.39 is 41.3 Å². The number of anilines is 1. The maximum atomic E-state index is 13.5. The van der Waals surface area contributed by atoms with Gasteiger partial charge in [-0.3, -0.25) is 0 Å². The maximum absolute atomic E-state index is 13.5. The maximum Gasteiger partial charge on any atom is 0.185 e. The monoisotopic (exact) mass is 298 g/mol. The highest BCUT2D eigenvalue weighted by Gasteiger charge is 2.19. The molecule has 0 aliphatic carbocycles. The summed E-state index contributed by atoms with van der Waals surface area (Å²) in [6.45, 7) is -0.446. The van der Waals surface area contributed by atoms with Gasteiger partial charge in [0.2, 0.25) is 0 Å². The third-order valence-electron chi connectivity index (χ3n) is 2.74. The SMILES string of the molecule is N#Cc1ccc(F)c(CNc2c(F)c(F)cc(F)c2F)c1. The van der Waals surface area contributed by atoms with Crippen LogP contribution in [-0.4, -0.2) is 0 Å². The van der Waals surface area contributed by atoms with Gasteiger partial charge in [0.25, 0.3) is 0 Å². The quantitative estimate of drug-likeness (QED) is 0.690. The molecule has 0 unspecified atom stereocenters. The zero-order chi connectivity index (χ0) is 15.6. The van der Waals surface area contributed by atoms with Crippen LogP contribution in [0.1, 0.15) is 11.1 Å². The molecule has 2 aromatic carbocycles. The lowest BCUT2D eigenvalue weighted by Gasteiger charge is -2.10. The molecule has 0 aliphatic heterocycles. The summed E-state index contributed by atoms with van der Waals surface area (Å²) in [6.07, 6.45) is 0. The van der Waals surface area contributed by atoms with Gasteiger partial charge in [-0.25, -0.2) is 22.0 Å². The standard InChI is InChI=1S/C14H7F5N2/c15-9-2-1-7(5-20)3-8(9)6-21-14-12(18)10(16)4-11(17)13(14)19/h1-4,21H,6H2. The molecule has 2 nitrogen and oxygen atoms in total. The lowest BCUT2D eigenvalue weighted by atomic mass is 10.1. The summed E-state index contributed by atoms with van der Waals surface area (Å²) < 4.78 is 66.3. The normalized spacial score (nSPS) is 10.3. The van der Waals surface area contributed by atoms with Crippen LogP contribution >= 0.6 is 0 Å². The Morgan fingerprint density at radius 3 is 2.10 bits per heavy atom. The molecule has 7 heteroatoms.